The number of halogens is 1. The summed E-state index contributed by atoms with van der Waals surface area (Å²) in [6, 6.07) is 4.59. The fraction of sp³-hybridized carbons (Fsp3) is 0.417. The highest BCUT2D eigenvalue weighted by Crippen LogP contribution is 2.24. The van der Waals surface area contributed by atoms with Gasteiger partial charge in [-0.15, -0.1) is 0 Å². The maximum Gasteiger partial charge on any atom is 0.251 e. The predicted octanol–water partition coefficient (Wildman–Crippen LogP) is 2.05. The van der Waals surface area contributed by atoms with Crippen LogP contribution in [0.3, 0.4) is 0 Å². The van der Waals surface area contributed by atoms with Crippen molar-refractivity contribution >= 4 is 21.8 Å². The number of phenolic OH excluding ortho intramolecular Hbond substituents is 1. The number of hydrogen-bond acceptors (Lipinski definition) is 3. The van der Waals surface area contributed by atoms with E-state index in [1.54, 1.807) is 12.1 Å². The Morgan fingerprint density at radius 1 is 1.53 bits per heavy atom. The van der Waals surface area contributed by atoms with Crippen molar-refractivity contribution in [1.29, 1.82) is 0 Å². The van der Waals surface area contributed by atoms with Gasteiger partial charge in [-0.25, -0.2) is 0 Å². The maximum absolute atomic E-state index is 11.7. The van der Waals surface area contributed by atoms with E-state index in [1.165, 1.54) is 6.07 Å². The smallest absolute Gasteiger partial charge is 0.251 e. The van der Waals surface area contributed by atoms with Crippen molar-refractivity contribution in [1.82, 2.24) is 5.32 Å². The van der Waals surface area contributed by atoms with Crippen molar-refractivity contribution in [3.05, 3.63) is 28.2 Å². The third kappa shape index (κ3) is 4.36. The molecule has 0 bridgehead atoms. The Morgan fingerprint density at radius 2 is 2.24 bits per heavy atom. The zero-order valence-electron chi connectivity index (χ0n) is 9.61. The summed E-state index contributed by atoms with van der Waals surface area (Å²) in [4.78, 5) is 11.7. The average Bonchev–Trinajstić information content (AvgIpc) is 2.30. The molecule has 1 amide bonds. The molecular weight excluding hydrogens is 286 g/mol. The average molecular weight is 302 g/mol. The largest absolute Gasteiger partial charge is 0.507 e. The molecule has 0 saturated heterocycles. The normalized spacial score (nSPS) is 12.2. The number of benzene rings is 1. The molecule has 4 nitrogen and oxygen atoms in total. The van der Waals surface area contributed by atoms with Crippen LogP contribution in [0.2, 0.25) is 0 Å². The topological polar surface area (TPSA) is 69.6 Å². The van der Waals surface area contributed by atoms with Gasteiger partial charge in [-0.3, -0.25) is 4.79 Å². The molecule has 0 aliphatic heterocycles. The van der Waals surface area contributed by atoms with Crippen LogP contribution in [0.25, 0.3) is 0 Å². The first-order valence-electron chi connectivity index (χ1n) is 5.49. The second-order valence-electron chi connectivity index (χ2n) is 3.82. The standard InChI is InChI=1S/C12H16BrNO3/c1-2-3-9(15)7-14-12(17)8-4-5-10(13)11(16)6-8/h4-6,9,15-16H,2-3,7H2,1H3,(H,14,17). The monoisotopic (exact) mass is 301 g/mol. The Kier molecular flexibility index (Phi) is 5.44. The van der Waals surface area contributed by atoms with Crippen LogP contribution < -0.4 is 5.32 Å². The molecule has 0 aliphatic rings. The molecule has 0 heterocycles. The summed E-state index contributed by atoms with van der Waals surface area (Å²) in [7, 11) is 0. The van der Waals surface area contributed by atoms with Gasteiger partial charge in [0.1, 0.15) is 5.75 Å². The van der Waals surface area contributed by atoms with Crippen molar-refractivity contribution in [2.24, 2.45) is 0 Å². The van der Waals surface area contributed by atoms with Crippen molar-refractivity contribution in [3.8, 4) is 5.75 Å². The van der Waals surface area contributed by atoms with Gasteiger partial charge in [0, 0.05) is 12.1 Å². The summed E-state index contributed by atoms with van der Waals surface area (Å²) >= 11 is 3.14. The lowest BCUT2D eigenvalue weighted by Gasteiger charge is -2.11. The van der Waals surface area contributed by atoms with E-state index >= 15 is 0 Å². The predicted molar refractivity (Wildman–Crippen MR) is 69.1 cm³/mol. The fourth-order valence-corrected chi connectivity index (χ4v) is 1.65. The lowest BCUT2D eigenvalue weighted by Crippen LogP contribution is -2.31. The van der Waals surface area contributed by atoms with Crippen LogP contribution in [0.4, 0.5) is 0 Å². The number of amides is 1. The molecule has 0 saturated carbocycles. The summed E-state index contributed by atoms with van der Waals surface area (Å²) in [5.41, 5.74) is 0.370. The minimum Gasteiger partial charge on any atom is -0.507 e. The van der Waals surface area contributed by atoms with Crippen molar-refractivity contribution in [2.45, 2.75) is 25.9 Å². The van der Waals surface area contributed by atoms with E-state index in [0.717, 1.165) is 6.42 Å². The third-order valence-electron chi connectivity index (χ3n) is 2.33. The maximum atomic E-state index is 11.7. The zero-order valence-corrected chi connectivity index (χ0v) is 11.2. The number of hydrogen-bond donors (Lipinski definition) is 3. The summed E-state index contributed by atoms with van der Waals surface area (Å²) in [5, 5.41) is 21.5. The van der Waals surface area contributed by atoms with E-state index < -0.39 is 6.10 Å². The van der Waals surface area contributed by atoms with Gasteiger partial charge in [0.25, 0.3) is 5.91 Å². The second-order valence-corrected chi connectivity index (χ2v) is 4.67. The third-order valence-corrected chi connectivity index (χ3v) is 3.00. The lowest BCUT2D eigenvalue weighted by atomic mass is 10.2. The summed E-state index contributed by atoms with van der Waals surface area (Å²) in [6.45, 7) is 2.20. The SMILES string of the molecule is CCCC(O)CNC(=O)c1ccc(Br)c(O)c1. The molecule has 1 unspecified atom stereocenters. The Hall–Kier alpha value is -1.07. The summed E-state index contributed by atoms with van der Waals surface area (Å²) in [5.74, 6) is -0.283. The van der Waals surface area contributed by atoms with Crippen LogP contribution in [0.15, 0.2) is 22.7 Å². The summed E-state index contributed by atoms with van der Waals surface area (Å²) < 4.78 is 0.542. The summed E-state index contributed by atoms with van der Waals surface area (Å²) in [6.07, 6.45) is 1.01. The molecule has 0 fully saturated rings. The number of aliphatic hydroxyl groups excluding tert-OH is 1. The van der Waals surface area contributed by atoms with E-state index in [-0.39, 0.29) is 18.2 Å². The first kappa shape index (κ1) is 14.0. The second kappa shape index (κ2) is 6.61. The molecule has 94 valence electrons. The number of aliphatic hydroxyl groups is 1. The molecule has 1 aromatic rings. The Balaban J connectivity index is 2.55. The van der Waals surface area contributed by atoms with Gasteiger partial charge < -0.3 is 15.5 Å². The number of carbonyl (C=O) groups excluding carboxylic acids is 1. The first-order chi connectivity index (χ1) is 8.04. The van der Waals surface area contributed by atoms with Gasteiger partial charge in [0.2, 0.25) is 0 Å². The zero-order chi connectivity index (χ0) is 12.8. The minimum absolute atomic E-state index is 0.0201. The fourth-order valence-electron chi connectivity index (χ4n) is 1.40. The van der Waals surface area contributed by atoms with Crippen molar-refractivity contribution in [3.63, 3.8) is 0 Å². The number of nitrogens with one attached hydrogen (secondary N) is 1. The van der Waals surface area contributed by atoms with Crippen LogP contribution >= 0.6 is 15.9 Å². The Bertz CT molecular complexity index is 395. The molecule has 0 radical (unpaired) electrons. The number of rotatable bonds is 5. The van der Waals surface area contributed by atoms with Crippen LogP contribution in [-0.4, -0.2) is 28.8 Å². The molecule has 1 aromatic carbocycles. The van der Waals surface area contributed by atoms with Crippen LogP contribution in [0, 0.1) is 0 Å². The quantitative estimate of drug-likeness (QED) is 0.779. The van der Waals surface area contributed by atoms with Crippen molar-refractivity contribution in [2.75, 3.05) is 6.54 Å². The highest BCUT2D eigenvalue weighted by atomic mass is 79.9. The van der Waals surface area contributed by atoms with Gasteiger partial charge in [-0.05, 0) is 40.5 Å². The number of aromatic hydroxyl groups is 1. The number of phenols is 1. The van der Waals surface area contributed by atoms with Crippen LogP contribution in [0.5, 0.6) is 5.75 Å². The van der Waals surface area contributed by atoms with E-state index in [1.807, 2.05) is 6.92 Å². The Labute approximate surface area is 109 Å². The molecule has 3 N–H and O–H groups in total. The molecule has 0 aromatic heterocycles. The van der Waals surface area contributed by atoms with Gasteiger partial charge in [-0.1, -0.05) is 13.3 Å². The van der Waals surface area contributed by atoms with Crippen LogP contribution in [-0.2, 0) is 0 Å². The molecule has 17 heavy (non-hydrogen) atoms. The van der Waals surface area contributed by atoms with E-state index in [9.17, 15) is 15.0 Å². The minimum atomic E-state index is -0.520. The Morgan fingerprint density at radius 3 is 2.82 bits per heavy atom. The molecule has 0 spiro atoms. The number of carbonyl (C=O) groups is 1. The lowest BCUT2D eigenvalue weighted by molar-refractivity contribution is 0.0909. The van der Waals surface area contributed by atoms with Crippen LogP contribution in [0.1, 0.15) is 30.1 Å². The van der Waals surface area contributed by atoms with E-state index in [4.69, 9.17) is 0 Å². The first-order valence-corrected chi connectivity index (χ1v) is 6.28. The van der Waals surface area contributed by atoms with Gasteiger partial charge in [0.05, 0.1) is 10.6 Å². The van der Waals surface area contributed by atoms with E-state index in [0.29, 0.717) is 16.5 Å². The molecule has 5 heteroatoms. The molecule has 1 rings (SSSR count). The van der Waals surface area contributed by atoms with Gasteiger partial charge in [-0.2, -0.15) is 0 Å². The highest BCUT2D eigenvalue weighted by molar-refractivity contribution is 9.10. The van der Waals surface area contributed by atoms with Crippen molar-refractivity contribution < 1.29 is 15.0 Å². The van der Waals surface area contributed by atoms with Gasteiger partial charge >= 0.3 is 0 Å². The highest BCUT2D eigenvalue weighted by Gasteiger charge is 2.10. The van der Waals surface area contributed by atoms with Gasteiger partial charge in [0.15, 0.2) is 0 Å². The molecule has 1 atom stereocenters. The van der Waals surface area contributed by atoms with E-state index in [2.05, 4.69) is 21.2 Å². The molecular formula is C12H16BrNO3. The molecule has 0 aliphatic carbocycles.